The van der Waals surface area contributed by atoms with Crippen LogP contribution in [-0.2, 0) is 6.54 Å². The number of pyridine rings is 1. The number of hydrogen-bond acceptors (Lipinski definition) is 4. The molecule has 0 bridgehead atoms. The third-order valence-corrected chi connectivity index (χ3v) is 5.58. The van der Waals surface area contributed by atoms with Crippen molar-refractivity contribution >= 4 is 29.9 Å². The van der Waals surface area contributed by atoms with Gasteiger partial charge in [-0.05, 0) is 56.1 Å². The predicted octanol–water partition coefficient (Wildman–Crippen LogP) is 2.78. The van der Waals surface area contributed by atoms with Gasteiger partial charge in [0.15, 0.2) is 5.96 Å². The van der Waals surface area contributed by atoms with E-state index in [9.17, 15) is 0 Å². The number of hydrogen-bond donors (Lipinski definition) is 2. The number of nitrogens with zero attached hydrogens (tertiary/aromatic N) is 3. The summed E-state index contributed by atoms with van der Waals surface area (Å²) in [6.45, 7) is 3.95. The van der Waals surface area contributed by atoms with Crippen molar-refractivity contribution in [3.8, 4) is 5.88 Å². The molecule has 150 valence electrons. The Labute approximate surface area is 179 Å². The summed E-state index contributed by atoms with van der Waals surface area (Å²) in [6.07, 6.45) is 9.62. The van der Waals surface area contributed by atoms with E-state index in [1.165, 1.54) is 51.6 Å². The summed E-state index contributed by atoms with van der Waals surface area (Å²) >= 11 is 0. The molecule has 1 saturated heterocycles. The Bertz CT molecular complexity index is 625. The van der Waals surface area contributed by atoms with Crippen LogP contribution in [0.15, 0.2) is 23.3 Å². The summed E-state index contributed by atoms with van der Waals surface area (Å²) in [4.78, 5) is 11.3. The van der Waals surface area contributed by atoms with Crippen LogP contribution >= 0.6 is 24.0 Å². The molecule has 1 aliphatic heterocycles. The second-order valence-corrected chi connectivity index (χ2v) is 7.87. The maximum atomic E-state index is 5.77. The van der Waals surface area contributed by atoms with E-state index in [0.717, 1.165) is 42.5 Å². The first-order valence-electron chi connectivity index (χ1n) is 10.1. The predicted molar refractivity (Wildman–Crippen MR) is 119 cm³/mol. The Morgan fingerprint density at radius 2 is 2.00 bits per heavy atom. The molecule has 0 radical (unpaired) electrons. The van der Waals surface area contributed by atoms with Gasteiger partial charge in [-0.1, -0.05) is 0 Å². The largest absolute Gasteiger partial charge is 0.477 e. The zero-order chi connectivity index (χ0) is 17.8. The number of aliphatic imine (C=N–C) groups is 1. The van der Waals surface area contributed by atoms with Crippen LogP contribution in [0.3, 0.4) is 0 Å². The van der Waals surface area contributed by atoms with E-state index in [2.05, 4.69) is 25.5 Å². The fourth-order valence-corrected chi connectivity index (χ4v) is 3.55. The molecule has 6 nitrogen and oxygen atoms in total. The van der Waals surface area contributed by atoms with E-state index >= 15 is 0 Å². The molecule has 27 heavy (non-hydrogen) atoms. The number of rotatable bonds is 7. The molecule has 1 aromatic heterocycles. The molecule has 7 heteroatoms. The average molecular weight is 485 g/mol. The number of halogens is 1. The van der Waals surface area contributed by atoms with Crippen LogP contribution in [0.1, 0.15) is 44.1 Å². The topological polar surface area (TPSA) is 61.8 Å². The highest BCUT2D eigenvalue weighted by atomic mass is 127. The molecule has 0 spiro atoms. The third-order valence-electron chi connectivity index (χ3n) is 5.58. The molecule has 3 aliphatic rings. The van der Waals surface area contributed by atoms with Gasteiger partial charge >= 0.3 is 0 Å². The number of nitrogens with one attached hydrogen (secondary N) is 2. The minimum absolute atomic E-state index is 0. The normalized spacial score (nSPS) is 21.4. The molecule has 0 amide bonds. The lowest BCUT2D eigenvalue weighted by Crippen LogP contribution is -2.48. The van der Waals surface area contributed by atoms with Crippen molar-refractivity contribution in [2.45, 2.75) is 57.2 Å². The molecule has 3 fully saturated rings. The van der Waals surface area contributed by atoms with Crippen molar-refractivity contribution in [1.29, 1.82) is 0 Å². The minimum atomic E-state index is 0. The van der Waals surface area contributed by atoms with E-state index in [4.69, 9.17) is 4.74 Å². The first-order valence-corrected chi connectivity index (χ1v) is 10.1. The summed E-state index contributed by atoms with van der Waals surface area (Å²) in [5.41, 5.74) is 1.16. The Morgan fingerprint density at radius 3 is 2.67 bits per heavy atom. The highest BCUT2D eigenvalue weighted by Gasteiger charge is 2.31. The van der Waals surface area contributed by atoms with E-state index < -0.39 is 0 Å². The lowest BCUT2D eigenvalue weighted by molar-refractivity contribution is 0.197. The molecule has 2 N–H and O–H groups in total. The number of guanidine groups is 1. The van der Waals surface area contributed by atoms with Gasteiger partial charge in [0.1, 0.15) is 0 Å². The fourth-order valence-electron chi connectivity index (χ4n) is 3.55. The maximum Gasteiger partial charge on any atom is 0.213 e. The molecule has 2 heterocycles. The molecule has 4 rings (SSSR count). The number of piperidine rings is 1. The molecular weight excluding hydrogens is 453 g/mol. The van der Waals surface area contributed by atoms with Gasteiger partial charge in [-0.25, -0.2) is 4.98 Å². The highest BCUT2D eigenvalue weighted by molar-refractivity contribution is 14.0. The van der Waals surface area contributed by atoms with Gasteiger partial charge in [-0.2, -0.15) is 0 Å². The van der Waals surface area contributed by atoms with Crippen LogP contribution in [-0.4, -0.2) is 54.7 Å². The maximum absolute atomic E-state index is 5.77. The van der Waals surface area contributed by atoms with E-state index in [1.54, 1.807) is 0 Å². The Morgan fingerprint density at radius 1 is 1.22 bits per heavy atom. The minimum Gasteiger partial charge on any atom is -0.477 e. The lowest BCUT2D eigenvalue weighted by atomic mass is 10.1. The van der Waals surface area contributed by atoms with Gasteiger partial charge in [0.05, 0.1) is 6.61 Å². The summed E-state index contributed by atoms with van der Waals surface area (Å²) < 4.78 is 5.77. The third kappa shape index (κ3) is 6.48. The molecule has 0 unspecified atom stereocenters. The van der Waals surface area contributed by atoms with Crippen LogP contribution in [0.5, 0.6) is 5.88 Å². The molecule has 0 aromatic carbocycles. The summed E-state index contributed by atoms with van der Waals surface area (Å²) in [6, 6.07) is 5.46. The standard InChI is InChI=1S/C20H31N5O.HI/c1-21-20(24-17-7-10-25(11-8-17)18-4-5-18)23-13-16-6-9-22-19(12-16)26-14-15-2-3-15;/h6,9,12,15,17-18H,2-5,7-8,10-11,13-14H2,1H3,(H2,21,23,24);1H. The van der Waals surface area contributed by atoms with Gasteiger partial charge in [-0.3, -0.25) is 4.99 Å². The first-order chi connectivity index (χ1) is 12.8. The van der Waals surface area contributed by atoms with Crippen molar-refractivity contribution in [1.82, 2.24) is 20.5 Å². The molecule has 2 aliphatic carbocycles. The van der Waals surface area contributed by atoms with E-state index in [0.29, 0.717) is 6.04 Å². The van der Waals surface area contributed by atoms with Crippen LogP contribution in [0.25, 0.3) is 0 Å². The summed E-state index contributed by atoms with van der Waals surface area (Å²) in [5.74, 6) is 2.35. The summed E-state index contributed by atoms with van der Waals surface area (Å²) in [7, 11) is 1.84. The van der Waals surface area contributed by atoms with Crippen molar-refractivity contribution < 1.29 is 4.74 Å². The van der Waals surface area contributed by atoms with Gasteiger partial charge in [0.2, 0.25) is 5.88 Å². The van der Waals surface area contributed by atoms with Gasteiger partial charge in [0, 0.05) is 51.0 Å². The number of aromatic nitrogens is 1. The van der Waals surface area contributed by atoms with Gasteiger partial charge in [-0.15, -0.1) is 24.0 Å². The first kappa shape index (κ1) is 20.6. The van der Waals surface area contributed by atoms with Crippen LogP contribution < -0.4 is 15.4 Å². The smallest absolute Gasteiger partial charge is 0.213 e. The second-order valence-electron chi connectivity index (χ2n) is 7.87. The Hall–Kier alpha value is -1.09. The van der Waals surface area contributed by atoms with Crippen LogP contribution in [0.4, 0.5) is 0 Å². The Balaban J connectivity index is 0.00000210. The molecular formula is C20H32IN5O. The van der Waals surface area contributed by atoms with E-state index in [1.807, 2.05) is 25.4 Å². The van der Waals surface area contributed by atoms with Crippen molar-refractivity contribution in [2.24, 2.45) is 10.9 Å². The quantitative estimate of drug-likeness (QED) is 0.354. The number of ether oxygens (including phenoxy) is 1. The van der Waals surface area contributed by atoms with Crippen molar-refractivity contribution in [3.05, 3.63) is 23.9 Å². The zero-order valence-corrected chi connectivity index (χ0v) is 18.5. The van der Waals surface area contributed by atoms with Crippen molar-refractivity contribution in [2.75, 3.05) is 26.7 Å². The SMILES string of the molecule is CN=C(NCc1ccnc(OCC2CC2)c1)NC1CCN(C2CC2)CC1.I. The fraction of sp³-hybridized carbons (Fsp3) is 0.700. The second kappa shape index (κ2) is 9.91. The van der Waals surface area contributed by atoms with Gasteiger partial charge < -0.3 is 20.3 Å². The molecule has 1 aromatic rings. The highest BCUT2D eigenvalue weighted by Crippen LogP contribution is 2.30. The number of likely N-dealkylation sites (tertiary alicyclic amines) is 1. The van der Waals surface area contributed by atoms with E-state index in [-0.39, 0.29) is 24.0 Å². The van der Waals surface area contributed by atoms with Crippen molar-refractivity contribution in [3.63, 3.8) is 0 Å². The Kier molecular flexibility index (Phi) is 7.57. The average Bonchev–Trinajstić information content (AvgIpc) is 3.58. The van der Waals surface area contributed by atoms with Gasteiger partial charge in [0.25, 0.3) is 0 Å². The van der Waals surface area contributed by atoms with Crippen LogP contribution in [0, 0.1) is 5.92 Å². The zero-order valence-electron chi connectivity index (χ0n) is 16.2. The summed E-state index contributed by atoms with van der Waals surface area (Å²) in [5, 5.41) is 7.01. The molecule has 0 atom stereocenters. The lowest BCUT2D eigenvalue weighted by Gasteiger charge is -2.33. The monoisotopic (exact) mass is 485 g/mol. The molecule has 2 saturated carbocycles. The van der Waals surface area contributed by atoms with Crippen LogP contribution in [0.2, 0.25) is 0 Å².